The molecule has 3 fully saturated rings. The molecule has 1 amide bonds. The molecule has 5 rings (SSSR count). The summed E-state index contributed by atoms with van der Waals surface area (Å²) in [5.41, 5.74) is 2.95. The lowest BCUT2D eigenvalue weighted by atomic mass is 9.96. The smallest absolute Gasteiger partial charge is 0.309 e. The van der Waals surface area contributed by atoms with Crippen LogP contribution in [0.3, 0.4) is 0 Å². The number of piperidine rings is 1. The van der Waals surface area contributed by atoms with Crippen LogP contribution in [0.2, 0.25) is 0 Å². The molecule has 3 saturated heterocycles. The molecule has 3 aliphatic heterocycles. The van der Waals surface area contributed by atoms with Crippen LogP contribution < -0.4 is 4.90 Å². The molecular formula is C27H31N3O4S2. The van der Waals surface area contributed by atoms with Crippen molar-refractivity contribution in [2.75, 3.05) is 37.7 Å². The van der Waals surface area contributed by atoms with Crippen molar-refractivity contribution >= 4 is 63.0 Å². The number of hydrogen-bond acceptors (Lipinski definition) is 8. The van der Waals surface area contributed by atoms with Gasteiger partial charge < -0.3 is 14.4 Å². The van der Waals surface area contributed by atoms with Crippen LogP contribution in [0.4, 0.5) is 5.82 Å². The maximum absolute atomic E-state index is 13.3. The highest BCUT2D eigenvalue weighted by Gasteiger charge is 2.35. The molecule has 0 saturated carbocycles. The minimum Gasteiger partial charge on any atom is -0.466 e. The van der Waals surface area contributed by atoms with E-state index in [9.17, 15) is 9.59 Å². The van der Waals surface area contributed by atoms with Gasteiger partial charge in [0.15, 0.2) is 0 Å². The molecule has 9 heteroatoms. The minimum absolute atomic E-state index is 0.0495. The van der Waals surface area contributed by atoms with Crippen molar-refractivity contribution in [1.82, 2.24) is 9.88 Å². The lowest BCUT2D eigenvalue weighted by Crippen LogP contribution is -2.37. The number of pyridine rings is 1. The second-order valence-corrected chi connectivity index (χ2v) is 11.2. The van der Waals surface area contributed by atoms with Crippen molar-refractivity contribution < 1.29 is 19.1 Å². The summed E-state index contributed by atoms with van der Waals surface area (Å²) < 4.78 is 11.5. The molecule has 36 heavy (non-hydrogen) atoms. The Hall–Kier alpha value is -2.49. The van der Waals surface area contributed by atoms with Gasteiger partial charge >= 0.3 is 5.97 Å². The lowest BCUT2D eigenvalue weighted by Gasteiger charge is -2.32. The molecule has 0 bridgehead atoms. The number of thioether (sulfide) groups is 1. The van der Waals surface area contributed by atoms with E-state index < -0.39 is 0 Å². The predicted octanol–water partition coefficient (Wildman–Crippen LogP) is 4.70. The molecule has 3 aliphatic rings. The normalized spacial score (nSPS) is 22.3. The summed E-state index contributed by atoms with van der Waals surface area (Å²) in [7, 11) is 0. The van der Waals surface area contributed by atoms with Crippen LogP contribution >= 0.6 is 24.0 Å². The van der Waals surface area contributed by atoms with E-state index in [-0.39, 0.29) is 23.9 Å². The van der Waals surface area contributed by atoms with Crippen molar-refractivity contribution in [1.29, 1.82) is 0 Å². The van der Waals surface area contributed by atoms with Gasteiger partial charge in [0.05, 0.1) is 35.6 Å². The number of hydrogen-bond donors (Lipinski definition) is 0. The highest BCUT2D eigenvalue weighted by molar-refractivity contribution is 8.26. The van der Waals surface area contributed by atoms with Gasteiger partial charge in [-0.25, -0.2) is 4.98 Å². The number of nitrogens with zero attached hydrogens (tertiary/aromatic N) is 3. The first kappa shape index (κ1) is 25.2. The number of rotatable bonds is 6. The standard InChI is InChI=1S/C27H31N3O4S2/c1-3-33-26(32)18-8-10-29(11-9-18)24-20(14-19-13-17(2)6-7-22(19)28-24)15-23-25(31)30(27(35)36-23)16-21-5-4-12-34-21/h6-7,13-15,18,21H,3-5,8-12,16H2,1-2H3/b23-15-. The zero-order valence-electron chi connectivity index (χ0n) is 20.7. The average molecular weight is 526 g/mol. The number of anilines is 1. The zero-order valence-corrected chi connectivity index (χ0v) is 22.3. The number of aryl methyl sites for hydroxylation is 1. The highest BCUT2D eigenvalue weighted by Crippen LogP contribution is 2.36. The topological polar surface area (TPSA) is 72.0 Å². The van der Waals surface area contributed by atoms with Crippen molar-refractivity contribution in [3.05, 3.63) is 40.3 Å². The van der Waals surface area contributed by atoms with Gasteiger partial charge in [-0.2, -0.15) is 0 Å². The molecule has 1 aromatic carbocycles. The first-order valence-corrected chi connectivity index (χ1v) is 13.9. The van der Waals surface area contributed by atoms with Gasteiger partial charge in [-0.1, -0.05) is 35.6 Å². The second kappa shape index (κ2) is 10.9. The fourth-order valence-corrected chi connectivity index (χ4v) is 6.31. The van der Waals surface area contributed by atoms with E-state index in [1.807, 2.05) is 19.1 Å². The van der Waals surface area contributed by atoms with E-state index in [0.717, 1.165) is 60.1 Å². The Morgan fingerprint density at radius 2 is 2.08 bits per heavy atom. The maximum atomic E-state index is 13.3. The van der Waals surface area contributed by atoms with Gasteiger partial charge in [0.25, 0.3) is 5.91 Å². The Morgan fingerprint density at radius 1 is 1.28 bits per heavy atom. The van der Waals surface area contributed by atoms with E-state index in [0.29, 0.717) is 35.5 Å². The molecule has 1 atom stereocenters. The molecule has 7 nitrogen and oxygen atoms in total. The van der Waals surface area contributed by atoms with Gasteiger partial charge in [0.1, 0.15) is 10.1 Å². The van der Waals surface area contributed by atoms with Gasteiger partial charge in [0.2, 0.25) is 0 Å². The van der Waals surface area contributed by atoms with Crippen LogP contribution in [0.25, 0.3) is 17.0 Å². The molecule has 4 heterocycles. The summed E-state index contributed by atoms with van der Waals surface area (Å²) in [5.74, 6) is 0.561. The van der Waals surface area contributed by atoms with Crippen molar-refractivity contribution in [3.63, 3.8) is 0 Å². The van der Waals surface area contributed by atoms with E-state index in [1.54, 1.807) is 4.90 Å². The SMILES string of the molecule is CCOC(=O)C1CCN(c2nc3ccc(C)cc3cc2/C=C2\SC(=S)N(CC3CCCO3)C2=O)CC1. The van der Waals surface area contributed by atoms with E-state index >= 15 is 0 Å². The minimum atomic E-state index is -0.116. The Kier molecular flexibility index (Phi) is 7.60. The summed E-state index contributed by atoms with van der Waals surface area (Å²) in [6.45, 7) is 6.95. The molecule has 0 radical (unpaired) electrons. The first-order chi connectivity index (χ1) is 17.4. The Labute approximate surface area is 221 Å². The number of thiocarbonyl (C=S) groups is 1. The third-order valence-electron chi connectivity index (χ3n) is 6.96. The molecule has 2 aromatic rings. The number of benzene rings is 1. The van der Waals surface area contributed by atoms with Gasteiger partial charge in [-0.15, -0.1) is 0 Å². The van der Waals surface area contributed by atoms with Crippen LogP contribution in [0.15, 0.2) is 29.2 Å². The number of aromatic nitrogens is 1. The summed E-state index contributed by atoms with van der Waals surface area (Å²) in [6, 6.07) is 8.31. The fraction of sp³-hybridized carbons (Fsp3) is 0.481. The number of carbonyl (C=O) groups excluding carboxylic acids is 2. The molecule has 190 valence electrons. The van der Waals surface area contributed by atoms with E-state index in [2.05, 4.69) is 30.0 Å². The van der Waals surface area contributed by atoms with Crippen LogP contribution in [0, 0.1) is 12.8 Å². The first-order valence-electron chi connectivity index (χ1n) is 12.6. The molecule has 1 unspecified atom stereocenters. The molecule has 0 N–H and O–H groups in total. The molecule has 1 aromatic heterocycles. The summed E-state index contributed by atoms with van der Waals surface area (Å²) >= 11 is 6.90. The molecule has 0 spiro atoms. The number of ether oxygens (including phenoxy) is 2. The summed E-state index contributed by atoms with van der Waals surface area (Å²) in [6.07, 6.45) is 5.39. The third-order valence-corrected chi connectivity index (χ3v) is 8.34. The van der Waals surface area contributed by atoms with Crippen molar-refractivity contribution in [2.45, 2.75) is 45.6 Å². The van der Waals surface area contributed by atoms with Gasteiger partial charge in [-0.05, 0) is 63.8 Å². The number of carbonyl (C=O) groups is 2. The monoisotopic (exact) mass is 525 g/mol. The largest absolute Gasteiger partial charge is 0.466 e. The number of amides is 1. The Balaban J connectivity index is 1.44. The predicted molar refractivity (Wildman–Crippen MR) is 147 cm³/mol. The number of esters is 1. The maximum Gasteiger partial charge on any atom is 0.309 e. The molecule has 0 aliphatic carbocycles. The summed E-state index contributed by atoms with van der Waals surface area (Å²) in [5, 5.41) is 1.03. The zero-order chi connectivity index (χ0) is 25.2. The van der Waals surface area contributed by atoms with Crippen LogP contribution in [-0.2, 0) is 19.1 Å². The third kappa shape index (κ3) is 5.28. The van der Waals surface area contributed by atoms with Crippen LogP contribution in [-0.4, -0.2) is 65.0 Å². The van der Waals surface area contributed by atoms with Crippen LogP contribution in [0.5, 0.6) is 0 Å². The quantitative estimate of drug-likeness (QED) is 0.305. The van der Waals surface area contributed by atoms with Crippen molar-refractivity contribution in [3.8, 4) is 0 Å². The van der Waals surface area contributed by atoms with Gasteiger partial charge in [-0.3, -0.25) is 14.5 Å². The highest BCUT2D eigenvalue weighted by atomic mass is 32.2. The Morgan fingerprint density at radius 3 is 2.81 bits per heavy atom. The fourth-order valence-electron chi connectivity index (χ4n) is 5.04. The van der Waals surface area contributed by atoms with Crippen LogP contribution in [0.1, 0.15) is 43.7 Å². The summed E-state index contributed by atoms with van der Waals surface area (Å²) in [4.78, 5) is 35.0. The Bertz CT molecular complexity index is 1220. The van der Waals surface area contributed by atoms with E-state index in [1.165, 1.54) is 11.8 Å². The molecular weight excluding hydrogens is 494 g/mol. The van der Waals surface area contributed by atoms with Crippen molar-refractivity contribution in [2.24, 2.45) is 5.92 Å². The lowest BCUT2D eigenvalue weighted by molar-refractivity contribution is -0.148. The van der Waals surface area contributed by atoms with E-state index in [4.69, 9.17) is 26.7 Å². The number of fused-ring (bicyclic) bond motifs is 1. The van der Waals surface area contributed by atoms with Gasteiger partial charge in [0, 0.05) is 30.6 Å². The second-order valence-electron chi connectivity index (χ2n) is 9.54. The average Bonchev–Trinajstić information content (AvgIpc) is 3.48.